The highest BCUT2D eigenvalue weighted by Gasteiger charge is 2.22. The van der Waals surface area contributed by atoms with Gasteiger partial charge in [-0.2, -0.15) is 15.1 Å². The fourth-order valence-electron chi connectivity index (χ4n) is 2.95. The number of nitrogens with zero attached hydrogens (tertiary/aromatic N) is 5. The van der Waals surface area contributed by atoms with Gasteiger partial charge in [0.2, 0.25) is 0 Å². The molecule has 0 aliphatic rings. The molecule has 0 unspecified atom stereocenters. The van der Waals surface area contributed by atoms with Gasteiger partial charge in [-0.1, -0.05) is 24.3 Å². The number of ether oxygens (including phenoxy) is 1. The van der Waals surface area contributed by atoms with E-state index in [0.717, 1.165) is 5.56 Å². The maximum Gasteiger partial charge on any atom is 0.490 e. The van der Waals surface area contributed by atoms with Crippen LogP contribution < -0.4 is 15.5 Å². The third-order valence-electron chi connectivity index (χ3n) is 4.26. The average molecular weight is 394 g/mol. The van der Waals surface area contributed by atoms with Gasteiger partial charge < -0.3 is 20.1 Å². The van der Waals surface area contributed by atoms with Crippen molar-refractivity contribution in [1.29, 1.82) is 0 Å². The lowest BCUT2D eigenvalue weighted by molar-refractivity contribution is 0.374. The van der Waals surface area contributed by atoms with Crippen LogP contribution in [0.25, 0.3) is 17.0 Å². The van der Waals surface area contributed by atoms with E-state index < -0.39 is 7.12 Å². The van der Waals surface area contributed by atoms with Crippen LogP contribution >= 0.6 is 0 Å². The maximum absolute atomic E-state index is 13.3. The molecule has 146 valence electrons. The van der Waals surface area contributed by atoms with E-state index in [0.29, 0.717) is 23.4 Å². The van der Waals surface area contributed by atoms with Crippen LogP contribution in [-0.4, -0.2) is 49.0 Å². The minimum absolute atomic E-state index is 0.164. The predicted molar refractivity (Wildman–Crippen MR) is 105 cm³/mol. The molecule has 0 amide bonds. The summed E-state index contributed by atoms with van der Waals surface area (Å²) in [7, 11) is -0.253. The van der Waals surface area contributed by atoms with Gasteiger partial charge in [0.25, 0.3) is 5.95 Å². The van der Waals surface area contributed by atoms with E-state index in [2.05, 4.69) is 25.5 Å². The number of fused-ring (bicyclic) bond motifs is 1. The summed E-state index contributed by atoms with van der Waals surface area (Å²) in [4.78, 5) is 8.74. The Bertz CT molecular complexity index is 1170. The van der Waals surface area contributed by atoms with Gasteiger partial charge in [-0.05, 0) is 23.8 Å². The summed E-state index contributed by atoms with van der Waals surface area (Å²) < 4.78 is 20.2. The lowest BCUT2D eigenvalue weighted by Gasteiger charge is -2.09. The molecule has 0 aliphatic heterocycles. The number of aromatic nitrogens is 5. The zero-order chi connectivity index (χ0) is 20.4. The van der Waals surface area contributed by atoms with Crippen LogP contribution in [0.3, 0.4) is 0 Å². The van der Waals surface area contributed by atoms with Crippen molar-refractivity contribution in [2.45, 2.75) is 6.54 Å². The minimum atomic E-state index is -1.69. The van der Waals surface area contributed by atoms with E-state index in [1.165, 1.54) is 30.0 Å². The fourth-order valence-corrected chi connectivity index (χ4v) is 2.95. The van der Waals surface area contributed by atoms with Crippen molar-refractivity contribution in [2.75, 3.05) is 12.4 Å². The number of anilines is 1. The summed E-state index contributed by atoms with van der Waals surface area (Å²) >= 11 is 0. The average Bonchev–Trinajstić information content (AvgIpc) is 3.11. The van der Waals surface area contributed by atoms with Crippen LogP contribution in [0.2, 0.25) is 0 Å². The van der Waals surface area contributed by atoms with Crippen molar-refractivity contribution in [2.24, 2.45) is 0 Å². The molecule has 9 nitrogen and oxygen atoms in total. The van der Waals surface area contributed by atoms with Crippen molar-refractivity contribution < 1.29 is 19.2 Å². The Balaban J connectivity index is 1.71. The molecular formula is C18H16BFN6O3. The van der Waals surface area contributed by atoms with E-state index >= 15 is 0 Å². The SMILES string of the molecule is COc1nc2c(B(O)O)cccc2n1-c1nncc(NCc2cccc(F)c2)n1. The Morgan fingerprint density at radius 1 is 1.17 bits per heavy atom. The maximum atomic E-state index is 13.3. The molecule has 29 heavy (non-hydrogen) atoms. The number of benzene rings is 2. The number of rotatable bonds is 6. The molecule has 2 aromatic carbocycles. The second-order valence-electron chi connectivity index (χ2n) is 6.15. The van der Waals surface area contributed by atoms with Crippen molar-refractivity contribution in [3.8, 4) is 12.0 Å². The van der Waals surface area contributed by atoms with Crippen LogP contribution in [0.4, 0.5) is 10.2 Å². The topological polar surface area (TPSA) is 118 Å². The fraction of sp³-hybridized carbons (Fsp3) is 0.111. The first-order chi connectivity index (χ1) is 14.1. The first-order valence-electron chi connectivity index (χ1n) is 8.66. The molecule has 2 aromatic heterocycles. The van der Waals surface area contributed by atoms with E-state index in [4.69, 9.17) is 4.74 Å². The molecule has 4 rings (SSSR count). The molecule has 0 aliphatic carbocycles. The van der Waals surface area contributed by atoms with Crippen LogP contribution in [0, 0.1) is 5.82 Å². The van der Waals surface area contributed by atoms with E-state index in [1.54, 1.807) is 30.3 Å². The van der Waals surface area contributed by atoms with Gasteiger partial charge in [0.1, 0.15) is 5.82 Å². The molecule has 0 bridgehead atoms. The second-order valence-corrected chi connectivity index (χ2v) is 6.15. The summed E-state index contributed by atoms with van der Waals surface area (Å²) in [6, 6.07) is 11.3. The molecule has 0 atom stereocenters. The molecule has 0 radical (unpaired) electrons. The normalized spacial score (nSPS) is 10.9. The van der Waals surface area contributed by atoms with E-state index in [1.807, 2.05) is 0 Å². The molecule has 0 saturated carbocycles. The summed E-state index contributed by atoms with van der Waals surface area (Å²) in [5, 5.41) is 30.3. The first-order valence-corrected chi connectivity index (χ1v) is 8.66. The number of nitrogens with one attached hydrogen (secondary N) is 1. The summed E-state index contributed by atoms with van der Waals surface area (Å²) in [5.74, 6) is 0.280. The Morgan fingerprint density at radius 2 is 2.00 bits per heavy atom. The smallest absolute Gasteiger partial charge is 0.468 e. The lowest BCUT2D eigenvalue weighted by Crippen LogP contribution is -2.30. The zero-order valence-electron chi connectivity index (χ0n) is 15.3. The number of hydrogen-bond acceptors (Lipinski definition) is 8. The van der Waals surface area contributed by atoms with Crippen molar-refractivity contribution in [3.05, 3.63) is 60.0 Å². The Labute approximate surface area is 165 Å². The van der Waals surface area contributed by atoms with Crippen LogP contribution in [-0.2, 0) is 6.54 Å². The third kappa shape index (κ3) is 3.73. The van der Waals surface area contributed by atoms with E-state index in [-0.39, 0.29) is 23.2 Å². The Morgan fingerprint density at radius 3 is 2.76 bits per heavy atom. The molecule has 0 saturated heterocycles. The quantitative estimate of drug-likeness (QED) is 0.408. The monoisotopic (exact) mass is 394 g/mol. The van der Waals surface area contributed by atoms with Crippen molar-refractivity contribution >= 4 is 29.4 Å². The standard InChI is InChI=1S/C18H16BFN6O3/c1-29-18-24-16-13(19(27)28)6-3-7-14(16)26(18)17-23-15(10-22-25-17)21-9-11-4-2-5-12(20)8-11/h2-8,10,27-28H,9H2,1H3,(H,21,23,25). The first kappa shape index (κ1) is 18.8. The van der Waals surface area contributed by atoms with Gasteiger partial charge >= 0.3 is 13.1 Å². The van der Waals surface area contributed by atoms with Gasteiger partial charge in [0.15, 0.2) is 5.82 Å². The molecule has 0 fully saturated rings. The summed E-state index contributed by atoms with van der Waals surface area (Å²) in [5.41, 5.74) is 1.85. The Hall–Kier alpha value is -3.57. The van der Waals surface area contributed by atoms with Crippen LogP contribution in [0.5, 0.6) is 6.01 Å². The highest BCUT2D eigenvalue weighted by molar-refractivity contribution is 6.61. The van der Waals surface area contributed by atoms with Gasteiger partial charge in [0.05, 0.1) is 24.3 Å². The number of halogens is 1. The van der Waals surface area contributed by atoms with Crippen LogP contribution in [0.15, 0.2) is 48.7 Å². The second kappa shape index (κ2) is 7.82. The van der Waals surface area contributed by atoms with Gasteiger partial charge in [-0.15, -0.1) is 5.10 Å². The molecule has 0 spiro atoms. The predicted octanol–water partition coefficient (Wildman–Crippen LogP) is 0.650. The molecule has 4 aromatic rings. The lowest BCUT2D eigenvalue weighted by atomic mass is 9.79. The van der Waals surface area contributed by atoms with Gasteiger partial charge in [0, 0.05) is 12.0 Å². The van der Waals surface area contributed by atoms with Crippen molar-refractivity contribution in [1.82, 2.24) is 24.7 Å². The minimum Gasteiger partial charge on any atom is -0.468 e. The van der Waals surface area contributed by atoms with E-state index in [9.17, 15) is 14.4 Å². The summed E-state index contributed by atoms with van der Waals surface area (Å²) in [6.07, 6.45) is 1.44. The highest BCUT2D eigenvalue weighted by Crippen LogP contribution is 2.23. The zero-order valence-corrected chi connectivity index (χ0v) is 15.3. The number of para-hydroxylation sites is 1. The van der Waals surface area contributed by atoms with Crippen LogP contribution in [0.1, 0.15) is 5.56 Å². The number of imidazole rings is 1. The largest absolute Gasteiger partial charge is 0.490 e. The van der Waals surface area contributed by atoms with Gasteiger partial charge in [-0.3, -0.25) is 0 Å². The van der Waals surface area contributed by atoms with Crippen molar-refractivity contribution in [3.63, 3.8) is 0 Å². The molecule has 3 N–H and O–H groups in total. The molecular weight excluding hydrogens is 378 g/mol. The number of methoxy groups -OCH3 is 1. The third-order valence-corrected chi connectivity index (χ3v) is 4.26. The Kier molecular flexibility index (Phi) is 5.06. The number of hydrogen-bond donors (Lipinski definition) is 3. The van der Waals surface area contributed by atoms with Gasteiger partial charge in [-0.25, -0.2) is 8.96 Å². The highest BCUT2D eigenvalue weighted by atomic mass is 19.1. The molecule has 2 heterocycles. The molecule has 11 heteroatoms. The summed E-state index contributed by atoms with van der Waals surface area (Å²) in [6.45, 7) is 0.346.